The molecule has 0 radical (unpaired) electrons. The second-order valence-corrected chi connectivity index (χ2v) is 8.73. The fourth-order valence-electron chi connectivity index (χ4n) is 4.66. The van der Waals surface area contributed by atoms with E-state index in [1.54, 1.807) is 24.1 Å². The number of fused-ring (bicyclic) bond motifs is 4. The Hall–Kier alpha value is -3.38. The van der Waals surface area contributed by atoms with E-state index in [0.29, 0.717) is 22.8 Å². The maximum Gasteiger partial charge on any atom is 0.264 e. The lowest BCUT2D eigenvalue weighted by atomic mass is 9.88. The molecule has 2 bridgehead atoms. The van der Waals surface area contributed by atoms with Gasteiger partial charge in [0.15, 0.2) is 10.8 Å². The molecule has 5 nitrogen and oxygen atoms in total. The molecule has 1 fully saturated rings. The van der Waals surface area contributed by atoms with Crippen molar-refractivity contribution in [3.05, 3.63) is 89.5 Å². The van der Waals surface area contributed by atoms with Crippen LogP contribution in [0.5, 0.6) is 11.5 Å². The normalized spacial score (nSPS) is 21.6. The highest BCUT2D eigenvalue weighted by Gasteiger charge is 2.53. The lowest BCUT2D eigenvalue weighted by molar-refractivity contribution is 0.0183. The number of ether oxygens (including phenoxy) is 2. The van der Waals surface area contributed by atoms with E-state index < -0.39 is 5.72 Å². The van der Waals surface area contributed by atoms with Crippen LogP contribution in [0.25, 0.3) is 0 Å². The molecule has 6 heteroatoms. The number of para-hydroxylation sites is 2. The minimum absolute atomic E-state index is 0.187. The summed E-state index contributed by atoms with van der Waals surface area (Å²) in [6.07, 6.45) is 0.582. The van der Waals surface area contributed by atoms with Crippen LogP contribution in [-0.4, -0.2) is 28.8 Å². The number of amides is 1. The quantitative estimate of drug-likeness (QED) is 0.500. The van der Waals surface area contributed by atoms with Gasteiger partial charge >= 0.3 is 0 Å². The fraction of sp³-hybridized carbons (Fsp3) is 0.231. The third-order valence-corrected chi connectivity index (χ3v) is 6.59. The van der Waals surface area contributed by atoms with Gasteiger partial charge in [0.1, 0.15) is 11.5 Å². The zero-order valence-electron chi connectivity index (χ0n) is 18.2. The highest BCUT2D eigenvalue weighted by atomic mass is 32.1. The van der Waals surface area contributed by atoms with Crippen LogP contribution >= 0.6 is 12.2 Å². The number of hydrogen-bond donors (Lipinski definition) is 0. The standard InChI is InChI=1S/C26H24N2O3S/c1-17-12-14-18(15-13-17)28-25(32)27(24(29)20-9-5-6-10-22(20)30-3)21-16-26(28,2)31-23-11-7-4-8-19(21)23/h4-15,21H,16H2,1-3H3/t21-,26+/m0/s1. The Labute approximate surface area is 193 Å². The molecule has 32 heavy (non-hydrogen) atoms. The Morgan fingerprint density at radius 2 is 1.75 bits per heavy atom. The van der Waals surface area contributed by atoms with Crippen molar-refractivity contribution in [2.45, 2.75) is 32.0 Å². The number of methoxy groups -OCH3 is 1. The Bertz CT molecular complexity index is 1210. The smallest absolute Gasteiger partial charge is 0.264 e. The van der Waals surface area contributed by atoms with Crippen molar-refractivity contribution in [2.24, 2.45) is 0 Å². The third kappa shape index (κ3) is 3.14. The first kappa shape index (κ1) is 20.5. The van der Waals surface area contributed by atoms with E-state index in [9.17, 15) is 4.79 Å². The number of benzene rings is 3. The zero-order valence-corrected chi connectivity index (χ0v) is 19.1. The number of hydrogen-bond acceptors (Lipinski definition) is 4. The monoisotopic (exact) mass is 444 g/mol. The molecular formula is C26H24N2O3S. The van der Waals surface area contributed by atoms with Crippen LogP contribution in [0.1, 0.15) is 40.9 Å². The Balaban J connectivity index is 1.68. The fourth-order valence-corrected chi connectivity index (χ4v) is 5.17. The van der Waals surface area contributed by atoms with Crippen LogP contribution in [0.3, 0.4) is 0 Å². The highest BCUT2D eigenvalue weighted by Crippen LogP contribution is 2.50. The summed E-state index contributed by atoms with van der Waals surface area (Å²) in [6, 6.07) is 23.0. The second kappa shape index (κ2) is 7.64. The summed E-state index contributed by atoms with van der Waals surface area (Å²) in [4.78, 5) is 17.6. The van der Waals surface area contributed by atoms with Crippen LogP contribution in [0.2, 0.25) is 0 Å². The molecule has 5 rings (SSSR count). The first-order chi connectivity index (χ1) is 15.4. The van der Waals surface area contributed by atoms with Crippen molar-refractivity contribution >= 4 is 28.9 Å². The van der Waals surface area contributed by atoms with Crippen molar-refractivity contribution in [2.75, 3.05) is 12.0 Å². The van der Waals surface area contributed by atoms with Crippen LogP contribution in [-0.2, 0) is 0 Å². The zero-order chi connectivity index (χ0) is 22.5. The minimum atomic E-state index is -0.719. The molecule has 1 amide bonds. The molecule has 2 aliphatic rings. The second-order valence-electron chi connectivity index (χ2n) is 8.36. The average molecular weight is 445 g/mol. The first-order valence-electron chi connectivity index (χ1n) is 10.6. The topological polar surface area (TPSA) is 42.0 Å². The van der Waals surface area contributed by atoms with Gasteiger partial charge in [0.05, 0.1) is 18.7 Å². The molecule has 2 heterocycles. The molecule has 1 saturated heterocycles. The third-order valence-electron chi connectivity index (χ3n) is 6.21. The maximum atomic E-state index is 13.9. The van der Waals surface area contributed by atoms with Crippen molar-refractivity contribution < 1.29 is 14.3 Å². The van der Waals surface area contributed by atoms with Gasteiger partial charge in [-0.3, -0.25) is 14.6 Å². The van der Waals surface area contributed by atoms with Gasteiger partial charge in [0.25, 0.3) is 5.91 Å². The van der Waals surface area contributed by atoms with E-state index >= 15 is 0 Å². The Kier molecular flexibility index (Phi) is 4.90. The van der Waals surface area contributed by atoms with Gasteiger partial charge in [-0.15, -0.1) is 0 Å². The molecule has 0 saturated carbocycles. The van der Waals surface area contributed by atoms with Gasteiger partial charge in [-0.25, -0.2) is 0 Å². The van der Waals surface area contributed by atoms with E-state index in [4.69, 9.17) is 21.7 Å². The van der Waals surface area contributed by atoms with E-state index in [2.05, 4.69) is 0 Å². The number of rotatable bonds is 3. The van der Waals surface area contributed by atoms with Gasteiger partial charge in [0.2, 0.25) is 0 Å². The molecule has 3 aromatic carbocycles. The number of thiocarbonyl (C=S) groups is 1. The molecule has 2 aliphatic heterocycles. The molecule has 0 unspecified atom stereocenters. The lowest BCUT2D eigenvalue weighted by Crippen LogP contribution is -2.67. The molecule has 2 atom stereocenters. The number of carbonyl (C=O) groups excluding carboxylic acids is 1. The number of aryl methyl sites for hydroxylation is 1. The van der Waals surface area contributed by atoms with Gasteiger partial charge in [-0.2, -0.15) is 0 Å². The Morgan fingerprint density at radius 3 is 2.50 bits per heavy atom. The molecular weight excluding hydrogens is 420 g/mol. The number of anilines is 1. The first-order valence-corrected chi connectivity index (χ1v) is 11.0. The molecule has 0 aromatic heterocycles. The summed E-state index contributed by atoms with van der Waals surface area (Å²) in [5.74, 6) is 1.10. The Morgan fingerprint density at radius 1 is 1.06 bits per heavy atom. The predicted molar refractivity (Wildman–Crippen MR) is 128 cm³/mol. The van der Waals surface area contributed by atoms with Crippen LogP contribution < -0.4 is 14.4 Å². The van der Waals surface area contributed by atoms with Gasteiger partial charge in [-0.05, 0) is 56.4 Å². The largest absolute Gasteiger partial charge is 0.496 e. The molecule has 0 aliphatic carbocycles. The van der Waals surface area contributed by atoms with Crippen LogP contribution in [0.15, 0.2) is 72.8 Å². The van der Waals surface area contributed by atoms with Gasteiger partial charge in [-0.1, -0.05) is 48.0 Å². The summed E-state index contributed by atoms with van der Waals surface area (Å²) < 4.78 is 12.0. The van der Waals surface area contributed by atoms with E-state index in [0.717, 1.165) is 22.6 Å². The van der Waals surface area contributed by atoms with Gasteiger partial charge < -0.3 is 9.47 Å². The summed E-state index contributed by atoms with van der Waals surface area (Å²) in [5, 5.41) is 0.415. The minimum Gasteiger partial charge on any atom is -0.496 e. The van der Waals surface area contributed by atoms with Crippen molar-refractivity contribution in [3.63, 3.8) is 0 Å². The molecule has 0 spiro atoms. The summed E-state index contributed by atoms with van der Waals surface area (Å²) >= 11 is 5.98. The van der Waals surface area contributed by atoms with Crippen molar-refractivity contribution in [1.29, 1.82) is 0 Å². The SMILES string of the molecule is COc1ccccc1C(=O)N1C(=S)N(c2ccc(C)cc2)[C@@]2(C)C[C@H]1c1ccccc1O2. The van der Waals surface area contributed by atoms with Crippen LogP contribution in [0.4, 0.5) is 5.69 Å². The van der Waals surface area contributed by atoms with Gasteiger partial charge in [0, 0.05) is 17.7 Å². The molecule has 0 N–H and O–H groups in total. The molecule has 162 valence electrons. The summed E-state index contributed by atoms with van der Waals surface area (Å²) in [7, 11) is 1.57. The predicted octanol–water partition coefficient (Wildman–Crippen LogP) is 5.49. The number of carbonyl (C=O) groups is 1. The molecule has 3 aromatic rings. The average Bonchev–Trinajstić information content (AvgIpc) is 2.79. The maximum absolute atomic E-state index is 13.9. The summed E-state index contributed by atoms with van der Waals surface area (Å²) in [5.41, 5.74) is 2.76. The van der Waals surface area contributed by atoms with Crippen molar-refractivity contribution in [3.8, 4) is 11.5 Å². The number of nitrogens with zero attached hydrogens (tertiary/aromatic N) is 2. The van der Waals surface area contributed by atoms with E-state index in [1.165, 1.54) is 0 Å². The highest BCUT2D eigenvalue weighted by molar-refractivity contribution is 7.80. The lowest BCUT2D eigenvalue weighted by Gasteiger charge is -2.55. The summed E-state index contributed by atoms with van der Waals surface area (Å²) in [6.45, 7) is 4.08. The van der Waals surface area contributed by atoms with E-state index in [1.807, 2.05) is 79.4 Å². The van der Waals surface area contributed by atoms with E-state index in [-0.39, 0.29) is 11.9 Å². The van der Waals surface area contributed by atoms with Crippen molar-refractivity contribution in [1.82, 2.24) is 4.90 Å². The van der Waals surface area contributed by atoms with Crippen LogP contribution in [0, 0.1) is 6.92 Å².